The highest BCUT2D eigenvalue weighted by atomic mass is 19.1. The molecular formula is C23H25FN2. The van der Waals surface area contributed by atoms with Crippen LogP contribution in [0.15, 0.2) is 54.6 Å². The van der Waals surface area contributed by atoms with E-state index in [0.717, 1.165) is 28.0 Å². The van der Waals surface area contributed by atoms with E-state index < -0.39 is 0 Å². The Morgan fingerprint density at radius 3 is 2.65 bits per heavy atom. The van der Waals surface area contributed by atoms with Gasteiger partial charge in [-0.15, -0.1) is 0 Å². The highest BCUT2D eigenvalue weighted by Crippen LogP contribution is 2.47. The number of halogens is 1. The van der Waals surface area contributed by atoms with Gasteiger partial charge in [-0.2, -0.15) is 0 Å². The minimum atomic E-state index is -0.216. The third-order valence-electron chi connectivity index (χ3n) is 5.27. The van der Waals surface area contributed by atoms with Crippen LogP contribution in [0.2, 0.25) is 0 Å². The number of terminal acetylenes is 1. The Bertz CT molecular complexity index is 865. The molecule has 0 bridgehead atoms. The molecule has 2 aromatic rings. The molecule has 1 heterocycles. The Balaban J connectivity index is 2.15. The Labute approximate surface area is 155 Å². The molecular weight excluding hydrogens is 323 g/mol. The summed E-state index contributed by atoms with van der Waals surface area (Å²) >= 11 is 0. The second kappa shape index (κ2) is 7.35. The van der Waals surface area contributed by atoms with Gasteiger partial charge in [0.2, 0.25) is 0 Å². The first-order valence-electron chi connectivity index (χ1n) is 8.91. The number of aryl methyl sites for hydroxylation is 1. The van der Waals surface area contributed by atoms with Gasteiger partial charge >= 0.3 is 0 Å². The number of hydrogen-bond acceptors (Lipinski definition) is 2. The van der Waals surface area contributed by atoms with Crippen molar-refractivity contribution in [1.29, 1.82) is 0 Å². The third kappa shape index (κ3) is 3.38. The van der Waals surface area contributed by atoms with E-state index in [1.165, 1.54) is 6.07 Å². The van der Waals surface area contributed by atoms with Crippen molar-refractivity contribution < 1.29 is 4.39 Å². The normalized spacial score (nSPS) is 24.9. The van der Waals surface area contributed by atoms with Crippen LogP contribution in [0.5, 0.6) is 0 Å². The van der Waals surface area contributed by atoms with Crippen LogP contribution in [0, 0.1) is 25.2 Å². The highest BCUT2D eigenvalue weighted by molar-refractivity contribution is 5.59. The summed E-state index contributed by atoms with van der Waals surface area (Å²) in [5.74, 6) is 0.0151. The van der Waals surface area contributed by atoms with E-state index in [-0.39, 0.29) is 29.7 Å². The first-order valence-corrected chi connectivity index (χ1v) is 8.91. The zero-order valence-corrected chi connectivity index (χ0v) is 15.5. The Kier molecular flexibility index (Phi) is 5.15. The van der Waals surface area contributed by atoms with Gasteiger partial charge in [-0.1, -0.05) is 42.8 Å². The summed E-state index contributed by atoms with van der Waals surface area (Å²) in [6, 6.07) is 16.0. The molecule has 26 heavy (non-hydrogen) atoms. The minimum absolute atomic E-state index is 0.0804. The zero-order valence-electron chi connectivity index (χ0n) is 15.5. The SMILES string of the molecule is C#CNc1cc(C)ccc1C1C(C)NC(C(=C)C)C1c1cccc(F)c1. The van der Waals surface area contributed by atoms with Crippen molar-refractivity contribution in [3.05, 3.63) is 77.1 Å². The number of hydrogen-bond donors (Lipinski definition) is 2. The second-order valence-electron chi connectivity index (χ2n) is 7.25. The average molecular weight is 348 g/mol. The van der Waals surface area contributed by atoms with Crippen LogP contribution in [0.3, 0.4) is 0 Å². The van der Waals surface area contributed by atoms with Gasteiger partial charge in [0, 0.05) is 35.7 Å². The first kappa shape index (κ1) is 18.2. The molecule has 3 heteroatoms. The lowest BCUT2D eigenvalue weighted by Gasteiger charge is -2.28. The molecule has 1 aliphatic heterocycles. The predicted molar refractivity (Wildman–Crippen MR) is 107 cm³/mol. The molecule has 0 spiro atoms. The average Bonchev–Trinajstić information content (AvgIpc) is 2.93. The molecule has 0 saturated carbocycles. The molecule has 0 radical (unpaired) electrons. The van der Waals surface area contributed by atoms with Crippen LogP contribution < -0.4 is 10.6 Å². The number of benzene rings is 2. The monoisotopic (exact) mass is 348 g/mol. The van der Waals surface area contributed by atoms with Crippen molar-refractivity contribution in [2.75, 3.05) is 5.32 Å². The van der Waals surface area contributed by atoms with Crippen molar-refractivity contribution in [3.63, 3.8) is 0 Å². The van der Waals surface area contributed by atoms with Gasteiger partial charge in [0.05, 0.1) is 0 Å². The van der Waals surface area contributed by atoms with Crippen molar-refractivity contribution >= 4 is 5.69 Å². The maximum absolute atomic E-state index is 13.9. The standard InChI is InChI=1S/C23H25FN2/c1-6-25-20-12-15(4)10-11-19(20)21-16(5)26-23(14(2)3)22(21)17-8-7-9-18(24)13-17/h1,7-13,16,21-23,25-26H,2H2,3-5H3. The summed E-state index contributed by atoms with van der Waals surface area (Å²) in [6.07, 6.45) is 5.51. The summed E-state index contributed by atoms with van der Waals surface area (Å²) in [7, 11) is 0. The lowest BCUT2D eigenvalue weighted by Crippen LogP contribution is -2.30. The van der Waals surface area contributed by atoms with Gasteiger partial charge < -0.3 is 10.6 Å². The van der Waals surface area contributed by atoms with Crippen LogP contribution in [0.1, 0.15) is 42.4 Å². The van der Waals surface area contributed by atoms with Gasteiger partial charge in [-0.25, -0.2) is 4.39 Å². The molecule has 1 fully saturated rings. The molecule has 3 rings (SSSR count). The number of anilines is 1. The van der Waals surface area contributed by atoms with Crippen LogP contribution >= 0.6 is 0 Å². The maximum atomic E-state index is 13.9. The van der Waals surface area contributed by atoms with E-state index in [9.17, 15) is 4.39 Å². The molecule has 1 saturated heterocycles. The molecule has 0 aromatic heterocycles. The van der Waals surface area contributed by atoms with E-state index in [0.29, 0.717) is 0 Å². The Hall–Kier alpha value is -2.57. The van der Waals surface area contributed by atoms with E-state index in [1.807, 2.05) is 19.9 Å². The zero-order chi connectivity index (χ0) is 18.8. The van der Waals surface area contributed by atoms with Crippen LogP contribution in [0.25, 0.3) is 0 Å². The summed E-state index contributed by atoms with van der Waals surface area (Å²) < 4.78 is 13.9. The van der Waals surface area contributed by atoms with Crippen molar-refractivity contribution in [3.8, 4) is 12.5 Å². The predicted octanol–water partition coefficient (Wildman–Crippen LogP) is 4.94. The molecule has 0 aliphatic carbocycles. The summed E-state index contributed by atoms with van der Waals surface area (Å²) in [4.78, 5) is 0. The quantitative estimate of drug-likeness (QED) is 0.464. The molecule has 2 nitrogen and oxygen atoms in total. The fourth-order valence-electron chi connectivity index (χ4n) is 4.18. The van der Waals surface area contributed by atoms with Crippen LogP contribution in [-0.2, 0) is 0 Å². The molecule has 4 unspecified atom stereocenters. The highest BCUT2D eigenvalue weighted by Gasteiger charge is 2.43. The molecule has 134 valence electrons. The maximum Gasteiger partial charge on any atom is 0.123 e. The van der Waals surface area contributed by atoms with Gasteiger partial charge in [-0.3, -0.25) is 0 Å². The van der Waals surface area contributed by atoms with E-state index in [2.05, 4.69) is 48.4 Å². The fraction of sp³-hybridized carbons (Fsp3) is 0.304. The molecule has 0 amide bonds. The van der Waals surface area contributed by atoms with Gasteiger partial charge in [0.15, 0.2) is 0 Å². The molecule has 1 aliphatic rings. The minimum Gasteiger partial charge on any atom is -0.315 e. The summed E-state index contributed by atoms with van der Waals surface area (Å²) in [5, 5.41) is 6.70. The topological polar surface area (TPSA) is 24.1 Å². The third-order valence-corrected chi connectivity index (χ3v) is 5.27. The largest absolute Gasteiger partial charge is 0.315 e. The number of nitrogens with one attached hydrogen (secondary N) is 2. The van der Waals surface area contributed by atoms with Crippen molar-refractivity contribution in [2.45, 2.75) is 44.7 Å². The smallest absolute Gasteiger partial charge is 0.123 e. The number of rotatable bonds is 4. The molecule has 4 atom stereocenters. The second-order valence-corrected chi connectivity index (χ2v) is 7.25. The molecule has 2 aromatic carbocycles. The molecule has 2 N–H and O–H groups in total. The van der Waals surface area contributed by atoms with Gasteiger partial charge in [0.1, 0.15) is 5.82 Å². The van der Waals surface area contributed by atoms with E-state index in [1.54, 1.807) is 12.1 Å². The van der Waals surface area contributed by atoms with Gasteiger partial charge in [0.25, 0.3) is 0 Å². The lowest BCUT2D eigenvalue weighted by atomic mass is 9.76. The Morgan fingerprint density at radius 2 is 2.00 bits per heavy atom. The van der Waals surface area contributed by atoms with Crippen molar-refractivity contribution in [2.24, 2.45) is 0 Å². The van der Waals surface area contributed by atoms with E-state index in [4.69, 9.17) is 6.42 Å². The van der Waals surface area contributed by atoms with Crippen LogP contribution in [0.4, 0.5) is 10.1 Å². The first-order chi connectivity index (χ1) is 12.4. The van der Waals surface area contributed by atoms with Crippen LogP contribution in [-0.4, -0.2) is 12.1 Å². The summed E-state index contributed by atoms with van der Waals surface area (Å²) in [5.41, 5.74) is 5.25. The van der Waals surface area contributed by atoms with Crippen molar-refractivity contribution in [1.82, 2.24) is 5.32 Å². The van der Waals surface area contributed by atoms with E-state index >= 15 is 0 Å². The van der Waals surface area contributed by atoms with Gasteiger partial charge in [-0.05, 0) is 55.7 Å². The lowest BCUT2D eigenvalue weighted by molar-refractivity contribution is 0.562. The summed E-state index contributed by atoms with van der Waals surface area (Å²) in [6.45, 7) is 10.4. The Morgan fingerprint density at radius 1 is 1.23 bits per heavy atom. The fourth-order valence-corrected chi connectivity index (χ4v) is 4.18.